The van der Waals surface area contributed by atoms with E-state index in [-0.39, 0.29) is 10.8 Å². The maximum Gasteiger partial charge on any atom is 0.335 e. The number of carbonyl (C=O) groups is 1. The summed E-state index contributed by atoms with van der Waals surface area (Å²) < 4.78 is 0. The van der Waals surface area contributed by atoms with Crippen LogP contribution in [0.15, 0.2) is 18.2 Å². The van der Waals surface area contributed by atoms with Crippen molar-refractivity contribution in [1.82, 2.24) is 0 Å². The standard InChI is InChI=1S/C17H24O2/c1-5-17(6-2)10-9-16(3,4)13-8-7-12(15(18)19)11-14(13)17/h7-8,11H,5-6,9-10H2,1-4H3,(H,18,19). The van der Waals surface area contributed by atoms with Gasteiger partial charge in [0.05, 0.1) is 5.56 Å². The Labute approximate surface area is 115 Å². The number of rotatable bonds is 3. The maximum atomic E-state index is 11.2. The average molecular weight is 260 g/mol. The van der Waals surface area contributed by atoms with Crippen molar-refractivity contribution in [2.24, 2.45) is 0 Å². The molecule has 1 N–H and O–H groups in total. The lowest BCUT2D eigenvalue weighted by molar-refractivity contribution is 0.0696. The first-order valence-corrected chi connectivity index (χ1v) is 7.24. The molecular formula is C17H24O2. The highest BCUT2D eigenvalue weighted by Crippen LogP contribution is 2.49. The second-order valence-electron chi connectivity index (χ2n) is 6.44. The first kappa shape index (κ1) is 14.1. The molecule has 0 fully saturated rings. The molecular weight excluding hydrogens is 236 g/mol. The van der Waals surface area contributed by atoms with Gasteiger partial charge in [-0.3, -0.25) is 0 Å². The van der Waals surface area contributed by atoms with Crippen molar-refractivity contribution in [1.29, 1.82) is 0 Å². The number of carboxylic acids is 1. The van der Waals surface area contributed by atoms with Crippen LogP contribution in [-0.4, -0.2) is 11.1 Å². The molecule has 0 heterocycles. The Morgan fingerprint density at radius 2 is 1.79 bits per heavy atom. The van der Waals surface area contributed by atoms with Crippen molar-refractivity contribution in [3.05, 3.63) is 34.9 Å². The molecule has 0 unspecified atom stereocenters. The molecule has 0 aromatic heterocycles. The van der Waals surface area contributed by atoms with Gasteiger partial charge in [0.15, 0.2) is 0 Å². The van der Waals surface area contributed by atoms with E-state index in [0.29, 0.717) is 5.56 Å². The Hall–Kier alpha value is -1.31. The van der Waals surface area contributed by atoms with Gasteiger partial charge in [0.2, 0.25) is 0 Å². The van der Waals surface area contributed by atoms with Gasteiger partial charge in [0.1, 0.15) is 0 Å². The Bertz CT molecular complexity index is 496. The normalized spacial score (nSPS) is 19.8. The lowest BCUT2D eigenvalue weighted by Crippen LogP contribution is -2.37. The number of aromatic carboxylic acids is 1. The smallest absolute Gasteiger partial charge is 0.335 e. The summed E-state index contributed by atoms with van der Waals surface area (Å²) in [6.07, 6.45) is 4.49. The van der Waals surface area contributed by atoms with Crippen molar-refractivity contribution < 1.29 is 9.90 Å². The molecule has 1 aliphatic carbocycles. The fourth-order valence-corrected chi connectivity index (χ4v) is 3.51. The van der Waals surface area contributed by atoms with E-state index in [0.717, 1.165) is 19.3 Å². The summed E-state index contributed by atoms with van der Waals surface area (Å²) in [7, 11) is 0. The summed E-state index contributed by atoms with van der Waals surface area (Å²) in [6.45, 7) is 8.97. The lowest BCUT2D eigenvalue weighted by Gasteiger charge is -2.45. The summed E-state index contributed by atoms with van der Waals surface area (Å²) in [5.41, 5.74) is 3.35. The van der Waals surface area contributed by atoms with E-state index in [4.69, 9.17) is 0 Å². The third-order valence-electron chi connectivity index (χ3n) is 5.15. The summed E-state index contributed by atoms with van der Waals surface area (Å²) in [5, 5.41) is 9.23. The first-order chi connectivity index (χ1) is 8.86. The third-order valence-corrected chi connectivity index (χ3v) is 5.15. The van der Waals surface area contributed by atoms with Crippen molar-refractivity contribution >= 4 is 5.97 Å². The first-order valence-electron chi connectivity index (χ1n) is 7.24. The van der Waals surface area contributed by atoms with E-state index in [1.807, 2.05) is 12.1 Å². The Kier molecular flexibility index (Phi) is 3.46. The van der Waals surface area contributed by atoms with E-state index in [2.05, 4.69) is 27.7 Å². The Balaban J connectivity index is 2.67. The Morgan fingerprint density at radius 3 is 2.32 bits per heavy atom. The number of fused-ring (bicyclic) bond motifs is 1. The maximum absolute atomic E-state index is 11.2. The third kappa shape index (κ3) is 2.18. The molecule has 0 amide bonds. The highest BCUT2D eigenvalue weighted by Gasteiger charge is 2.40. The topological polar surface area (TPSA) is 37.3 Å². The molecule has 0 bridgehead atoms. The zero-order valence-corrected chi connectivity index (χ0v) is 12.4. The van der Waals surface area contributed by atoms with Gasteiger partial charge in [-0.2, -0.15) is 0 Å². The zero-order valence-electron chi connectivity index (χ0n) is 12.4. The van der Waals surface area contributed by atoms with Gasteiger partial charge in [0.25, 0.3) is 0 Å². The summed E-state index contributed by atoms with van der Waals surface area (Å²) in [6, 6.07) is 5.72. The van der Waals surface area contributed by atoms with Gasteiger partial charge in [-0.1, -0.05) is 33.8 Å². The van der Waals surface area contributed by atoms with Crippen molar-refractivity contribution in [3.63, 3.8) is 0 Å². The van der Waals surface area contributed by atoms with Crippen LogP contribution >= 0.6 is 0 Å². The predicted molar refractivity (Wildman–Crippen MR) is 77.9 cm³/mol. The van der Waals surface area contributed by atoms with E-state index >= 15 is 0 Å². The molecule has 2 nitrogen and oxygen atoms in total. The summed E-state index contributed by atoms with van der Waals surface area (Å²) in [4.78, 5) is 11.2. The van der Waals surface area contributed by atoms with E-state index in [1.165, 1.54) is 17.5 Å². The second-order valence-corrected chi connectivity index (χ2v) is 6.44. The van der Waals surface area contributed by atoms with Gasteiger partial charge in [0, 0.05) is 0 Å². The van der Waals surface area contributed by atoms with Crippen LogP contribution in [0, 0.1) is 0 Å². The molecule has 19 heavy (non-hydrogen) atoms. The fraction of sp³-hybridized carbons (Fsp3) is 0.588. The largest absolute Gasteiger partial charge is 0.478 e. The molecule has 0 saturated heterocycles. The van der Waals surface area contributed by atoms with Gasteiger partial charge in [-0.15, -0.1) is 0 Å². The minimum absolute atomic E-state index is 0.153. The van der Waals surface area contributed by atoms with E-state index < -0.39 is 5.97 Å². The molecule has 2 rings (SSSR count). The monoisotopic (exact) mass is 260 g/mol. The zero-order chi connectivity index (χ0) is 14.3. The molecule has 0 radical (unpaired) electrons. The minimum atomic E-state index is -0.827. The highest BCUT2D eigenvalue weighted by atomic mass is 16.4. The highest BCUT2D eigenvalue weighted by molar-refractivity contribution is 5.88. The quantitative estimate of drug-likeness (QED) is 0.868. The van der Waals surface area contributed by atoms with Crippen LogP contribution in [0.25, 0.3) is 0 Å². The van der Waals surface area contributed by atoms with Crippen LogP contribution in [0.2, 0.25) is 0 Å². The summed E-state index contributed by atoms with van der Waals surface area (Å²) >= 11 is 0. The van der Waals surface area contributed by atoms with Crippen LogP contribution in [0.1, 0.15) is 74.9 Å². The van der Waals surface area contributed by atoms with Gasteiger partial charge in [-0.25, -0.2) is 4.79 Å². The van der Waals surface area contributed by atoms with E-state index in [1.54, 1.807) is 6.07 Å². The molecule has 1 aromatic rings. The summed E-state index contributed by atoms with van der Waals surface area (Å²) in [5.74, 6) is -0.827. The molecule has 0 saturated carbocycles. The molecule has 0 spiro atoms. The van der Waals surface area contributed by atoms with Crippen molar-refractivity contribution in [2.75, 3.05) is 0 Å². The number of benzene rings is 1. The van der Waals surface area contributed by atoms with Crippen LogP contribution in [0.5, 0.6) is 0 Å². The predicted octanol–water partition coefficient (Wildman–Crippen LogP) is 4.51. The molecule has 1 aromatic carbocycles. The van der Waals surface area contributed by atoms with Crippen LogP contribution < -0.4 is 0 Å². The number of carboxylic acid groups (broad SMARTS) is 1. The van der Waals surface area contributed by atoms with Crippen molar-refractivity contribution in [2.45, 2.75) is 64.2 Å². The van der Waals surface area contributed by atoms with Crippen LogP contribution in [0.3, 0.4) is 0 Å². The molecule has 1 aliphatic rings. The van der Waals surface area contributed by atoms with Crippen molar-refractivity contribution in [3.8, 4) is 0 Å². The number of hydrogen-bond acceptors (Lipinski definition) is 1. The molecule has 104 valence electrons. The second kappa shape index (κ2) is 4.66. The van der Waals surface area contributed by atoms with Crippen LogP contribution in [0.4, 0.5) is 0 Å². The minimum Gasteiger partial charge on any atom is -0.478 e. The average Bonchev–Trinajstić information content (AvgIpc) is 2.39. The lowest BCUT2D eigenvalue weighted by atomic mass is 9.59. The van der Waals surface area contributed by atoms with Gasteiger partial charge in [-0.05, 0) is 59.8 Å². The van der Waals surface area contributed by atoms with Gasteiger partial charge >= 0.3 is 5.97 Å². The van der Waals surface area contributed by atoms with Gasteiger partial charge < -0.3 is 5.11 Å². The Morgan fingerprint density at radius 1 is 1.16 bits per heavy atom. The van der Waals surface area contributed by atoms with E-state index in [9.17, 15) is 9.90 Å². The van der Waals surface area contributed by atoms with Crippen LogP contribution in [-0.2, 0) is 10.8 Å². The number of hydrogen-bond donors (Lipinski definition) is 1. The molecule has 0 atom stereocenters. The molecule has 2 heteroatoms. The molecule has 0 aliphatic heterocycles. The SMILES string of the molecule is CCC1(CC)CCC(C)(C)c2ccc(C(=O)O)cc21. The fourth-order valence-electron chi connectivity index (χ4n) is 3.51.